The molecule has 21 heavy (non-hydrogen) atoms. The summed E-state index contributed by atoms with van der Waals surface area (Å²) in [6.45, 7) is 2.05. The van der Waals surface area contributed by atoms with Crippen LogP contribution in [-0.2, 0) is 6.42 Å². The molecule has 1 saturated carbocycles. The summed E-state index contributed by atoms with van der Waals surface area (Å²) in [5.41, 5.74) is 1.72. The standard InChI is InChI=1S/C17H22O4/c1-2-6-11-9-10-13(16(18)19)15(17(20)21)14(11)12-7-4-3-5-8-12/h9-10,12H,2-8H2,1H3,(H,18,19)(H,20,21). The molecular weight excluding hydrogens is 268 g/mol. The van der Waals surface area contributed by atoms with E-state index in [1.165, 1.54) is 12.5 Å². The Balaban J connectivity index is 2.61. The van der Waals surface area contributed by atoms with Crippen molar-refractivity contribution in [1.82, 2.24) is 0 Å². The summed E-state index contributed by atoms with van der Waals surface area (Å²) in [6, 6.07) is 3.26. The van der Waals surface area contributed by atoms with E-state index in [-0.39, 0.29) is 17.0 Å². The van der Waals surface area contributed by atoms with Gasteiger partial charge in [-0.05, 0) is 42.4 Å². The molecule has 1 aliphatic rings. The van der Waals surface area contributed by atoms with Crippen LogP contribution in [-0.4, -0.2) is 22.2 Å². The molecule has 0 bridgehead atoms. The second kappa shape index (κ2) is 6.74. The number of hydrogen-bond acceptors (Lipinski definition) is 2. The van der Waals surface area contributed by atoms with Gasteiger partial charge < -0.3 is 10.2 Å². The quantitative estimate of drug-likeness (QED) is 0.856. The molecule has 0 saturated heterocycles. The normalized spacial score (nSPS) is 15.9. The molecule has 0 aliphatic heterocycles. The molecule has 4 heteroatoms. The highest BCUT2D eigenvalue weighted by atomic mass is 16.4. The zero-order valence-corrected chi connectivity index (χ0v) is 12.4. The third kappa shape index (κ3) is 3.26. The fourth-order valence-corrected chi connectivity index (χ4v) is 3.42. The molecule has 0 spiro atoms. The maximum absolute atomic E-state index is 11.7. The Morgan fingerprint density at radius 3 is 2.29 bits per heavy atom. The molecule has 1 aromatic rings. The smallest absolute Gasteiger partial charge is 0.336 e. The van der Waals surface area contributed by atoms with Gasteiger partial charge in [-0.2, -0.15) is 0 Å². The van der Waals surface area contributed by atoms with Crippen LogP contribution in [0.25, 0.3) is 0 Å². The lowest BCUT2D eigenvalue weighted by Crippen LogP contribution is -2.18. The zero-order chi connectivity index (χ0) is 15.4. The van der Waals surface area contributed by atoms with Gasteiger partial charge in [0.05, 0.1) is 11.1 Å². The maximum Gasteiger partial charge on any atom is 0.336 e. The largest absolute Gasteiger partial charge is 0.478 e. The molecule has 4 nitrogen and oxygen atoms in total. The summed E-state index contributed by atoms with van der Waals surface area (Å²) < 4.78 is 0. The van der Waals surface area contributed by atoms with Gasteiger partial charge in [0.2, 0.25) is 0 Å². The minimum absolute atomic E-state index is 0.0142. The van der Waals surface area contributed by atoms with Crippen LogP contribution >= 0.6 is 0 Å². The Labute approximate surface area is 124 Å². The lowest BCUT2D eigenvalue weighted by atomic mass is 9.78. The van der Waals surface area contributed by atoms with Crippen LogP contribution in [0.1, 0.15) is 83.2 Å². The first kappa shape index (κ1) is 15.5. The van der Waals surface area contributed by atoms with E-state index in [0.717, 1.165) is 49.7 Å². The molecular formula is C17H22O4. The molecule has 2 rings (SSSR count). The first-order valence-corrected chi connectivity index (χ1v) is 7.68. The third-order valence-corrected chi connectivity index (χ3v) is 4.31. The summed E-state index contributed by atoms with van der Waals surface area (Å²) in [4.78, 5) is 23.0. The van der Waals surface area contributed by atoms with Crippen molar-refractivity contribution in [3.63, 3.8) is 0 Å². The highest BCUT2D eigenvalue weighted by Crippen LogP contribution is 2.38. The van der Waals surface area contributed by atoms with Crippen LogP contribution in [0.15, 0.2) is 12.1 Å². The highest BCUT2D eigenvalue weighted by molar-refractivity contribution is 6.03. The molecule has 114 valence electrons. The minimum atomic E-state index is -1.16. The average molecular weight is 290 g/mol. The molecule has 0 atom stereocenters. The van der Waals surface area contributed by atoms with E-state index in [1.807, 2.05) is 6.07 Å². The van der Waals surface area contributed by atoms with Crippen LogP contribution in [0, 0.1) is 0 Å². The van der Waals surface area contributed by atoms with E-state index in [2.05, 4.69) is 6.92 Å². The molecule has 0 radical (unpaired) electrons. The van der Waals surface area contributed by atoms with E-state index in [1.54, 1.807) is 0 Å². The number of aryl methyl sites for hydroxylation is 1. The predicted molar refractivity (Wildman–Crippen MR) is 80.2 cm³/mol. The van der Waals surface area contributed by atoms with Gasteiger partial charge in [-0.3, -0.25) is 0 Å². The Hall–Kier alpha value is -1.84. The SMILES string of the molecule is CCCc1ccc(C(=O)O)c(C(=O)O)c1C1CCCCC1. The number of benzene rings is 1. The zero-order valence-electron chi connectivity index (χ0n) is 12.4. The molecule has 0 unspecified atom stereocenters. The van der Waals surface area contributed by atoms with Crippen molar-refractivity contribution in [1.29, 1.82) is 0 Å². The molecule has 0 heterocycles. The van der Waals surface area contributed by atoms with E-state index < -0.39 is 11.9 Å². The van der Waals surface area contributed by atoms with E-state index >= 15 is 0 Å². The second-order valence-corrected chi connectivity index (χ2v) is 5.76. The molecule has 0 amide bonds. The van der Waals surface area contributed by atoms with Crippen molar-refractivity contribution >= 4 is 11.9 Å². The summed E-state index contributed by atoms with van der Waals surface area (Å²) >= 11 is 0. The second-order valence-electron chi connectivity index (χ2n) is 5.76. The monoisotopic (exact) mass is 290 g/mol. The first-order chi connectivity index (χ1) is 10.1. The topological polar surface area (TPSA) is 74.6 Å². The van der Waals surface area contributed by atoms with Crippen LogP contribution in [0.5, 0.6) is 0 Å². The number of hydrogen-bond donors (Lipinski definition) is 2. The van der Waals surface area contributed by atoms with E-state index in [4.69, 9.17) is 0 Å². The van der Waals surface area contributed by atoms with Crippen molar-refractivity contribution in [3.8, 4) is 0 Å². The Morgan fingerprint density at radius 1 is 1.10 bits per heavy atom. The van der Waals surface area contributed by atoms with Gasteiger partial charge in [0.25, 0.3) is 0 Å². The number of aromatic carboxylic acids is 2. The van der Waals surface area contributed by atoms with Crippen LogP contribution in [0.2, 0.25) is 0 Å². The predicted octanol–water partition coefficient (Wildman–Crippen LogP) is 4.08. The maximum atomic E-state index is 11.7. The van der Waals surface area contributed by atoms with Gasteiger partial charge in [0.15, 0.2) is 0 Å². The number of rotatable bonds is 5. The fourth-order valence-electron chi connectivity index (χ4n) is 3.42. The van der Waals surface area contributed by atoms with E-state index in [0.29, 0.717) is 0 Å². The fraction of sp³-hybridized carbons (Fsp3) is 0.529. The summed E-state index contributed by atoms with van der Waals surface area (Å²) in [5, 5.41) is 18.9. The van der Waals surface area contributed by atoms with Crippen LogP contribution in [0.4, 0.5) is 0 Å². The Bertz CT molecular complexity index is 542. The van der Waals surface area contributed by atoms with E-state index in [9.17, 15) is 19.8 Å². The van der Waals surface area contributed by atoms with Gasteiger partial charge >= 0.3 is 11.9 Å². The molecule has 1 aromatic carbocycles. The van der Waals surface area contributed by atoms with Crippen molar-refractivity contribution < 1.29 is 19.8 Å². The van der Waals surface area contributed by atoms with Gasteiger partial charge in [-0.1, -0.05) is 38.7 Å². The van der Waals surface area contributed by atoms with Crippen LogP contribution in [0.3, 0.4) is 0 Å². The molecule has 0 aromatic heterocycles. The van der Waals surface area contributed by atoms with Gasteiger partial charge in [0.1, 0.15) is 0 Å². The first-order valence-electron chi connectivity index (χ1n) is 7.68. The summed E-state index contributed by atoms with van der Waals surface area (Å²) in [6.07, 6.45) is 7.00. The molecule has 1 fully saturated rings. The van der Waals surface area contributed by atoms with Gasteiger partial charge in [-0.15, -0.1) is 0 Å². The lowest BCUT2D eigenvalue weighted by Gasteiger charge is -2.26. The van der Waals surface area contributed by atoms with Gasteiger partial charge in [0, 0.05) is 0 Å². The Kier molecular flexibility index (Phi) is 4.99. The molecule has 2 N–H and O–H groups in total. The van der Waals surface area contributed by atoms with Crippen LogP contribution < -0.4 is 0 Å². The summed E-state index contributed by atoms with van der Waals surface area (Å²) in [5.74, 6) is -2.09. The van der Waals surface area contributed by atoms with Crippen molar-refractivity contribution in [2.45, 2.75) is 57.8 Å². The molecule has 1 aliphatic carbocycles. The summed E-state index contributed by atoms with van der Waals surface area (Å²) in [7, 11) is 0. The van der Waals surface area contributed by atoms with Crippen molar-refractivity contribution in [2.24, 2.45) is 0 Å². The number of carboxylic acids is 2. The van der Waals surface area contributed by atoms with Gasteiger partial charge in [-0.25, -0.2) is 9.59 Å². The minimum Gasteiger partial charge on any atom is -0.478 e. The average Bonchev–Trinajstić information content (AvgIpc) is 2.47. The van der Waals surface area contributed by atoms with Crippen molar-refractivity contribution in [2.75, 3.05) is 0 Å². The Morgan fingerprint density at radius 2 is 1.76 bits per heavy atom. The lowest BCUT2D eigenvalue weighted by molar-refractivity contribution is 0.0649. The third-order valence-electron chi connectivity index (χ3n) is 4.31. The van der Waals surface area contributed by atoms with Crippen molar-refractivity contribution in [3.05, 3.63) is 34.4 Å². The number of carbonyl (C=O) groups is 2. The highest BCUT2D eigenvalue weighted by Gasteiger charge is 2.28. The number of carboxylic acid groups (broad SMARTS) is 2.